The van der Waals surface area contributed by atoms with Crippen LogP contribution < -0.4 is 0 Å². The fourth-order valence-electron chi connectivity index (χ4n) is 4.56. The van der Waals surface area contributed by atoms with Crippen LogP contribution in [0.15, 0.2) is 36.7 Å². The number of piperidine rings is 1. The molecule has 27 heavy (non-hydrogen) atoms. The van der Waals surface area contributed by atoms with Crippen molar-refractivity contribution >= 4 is 27.5 Å². The molecule has 5 nitrogen and oxygen atoms in total. The molecule has 1 saturated heterocycles. The average molecular weight is 379 g/mol. The number of aromatic nitrogens is 3. The molecule has 2 aliphatic rings. The van der Waals surface area contributed by atoms with Gasteiger partial charge in [0.1, 0.15) is 10.7 Å². The zero-order valence-corrected chi connectivity index (χ0v) is 16.0. The normalized spacial score (nSPS) is 22.6. The van der Waals surface area contributed by atoms with E-state index < -0.39 is 0 Å². The standard InChI is InChI=1S/C21H22N4OS/c26-21(25-12-9-14-5-1-2-6-15(14)13-25)19-18(22-10-11-23-19)20-24-16-7-3-4-8-17(16)27-20/h3-4,7-8,10-11,14-15H,1-2,5-6,9,12-13H2/t14-,15-/m0/s1. The number of hydrogen-bond donors (Lipinski definition) is 0. The molecule has 138 valence electrons. The number of amides is 1. The Morgan fingerprint density at radius 3 is 2.74 bits per heavy atom. The lowest BCUT2D eigenvalue weighted by molar-refractivity contribution is 0.0516. The van der Waals surface area contributed by atoms with E-state index in [4.69, 9.17) is 0 Å². The molecular weight excluding hydrogens is 356 g/mol. The Labute approximate surface area is 162 Å². The summed E-state index contributed by atoms with van der Waals surface area (Å²) in [6, 6.07) is 8.01. The number of rotatable bonds is 2. The fraction of sp³-hybridized carbons (Fsp3) is 0.429. The number of thiazole rings is 1. The van der Waals surface area contributed by atoms with Crippen LogP contribution in [0.3, 0.4) is 0 Å². The van der Waals surface area contributed by atoms with Crippen molar-refractivity contribution in [1.82, 2.24) is 19.9 Å². The van der Waals surface area contributed by atoms with E-state index in [1.165, 1.54) is 25.7 Å². The number of carbonyl (C=O) groups is 1. The molecule has 0 radical (unpaired) electrons. The first-order chi connectivity index (χ1) is 13.3. The minimum absolute atomic E-state index is 0.00128. The highest BCUT2D eigenvalue weighted by atomic mass is 32.1. The van der Waals surface area contributed by atoms with E-state index in [0.29, 0.717) is 17.3 Å². The van der Waals surface area contributed by atoms with E-state index in [0.717, 1.165) is 40.7 Å². The van der Waals surface area contributed by atoms with Crippen molar-refractivity contribution < 1.29 is 4.79 Å². The third-order valence-corrected chi connectivity index (χ3v) is 7.02. The molecule has 1 aliphatic heterocycles. The molecule has 6 heteroatoms. The van der Waals surface area contributed by atoms with Crippen molar-refractivity contribution in [3.8, 4) is 10.7 Å². The van der Waals surface area contributed by atoms with E-state index in [1.807, 2.05) is 29.2 Å². The molecule has 0 N–H and O–H groups in total. The lowest BCUT2D eigenvalue weighted by atomic mass is 9.75. The first kappa shape index (κ1) is 16.8. The van der Waals surface area contributed by atoms with Crippen LogP contribution in [0.1, 0.15) is 42.6 Å². The molecule has 1 amide bonds. The molecule has 1 aliphatic carbocycles. The summed E-state index contributed by atoms with van der Waals surface area (Å²) in [5, 5.41) is 0.764. The molecule has 0 spiro atoms. The van der Waals surface area contributed by atoms with Crippen molar-refractivity contribution in [3.05, 3.63) is 42.4 Å². The molecule has 2 aromatic heterocycles. The van der Waals surface area contributed by atoms with Crippen LogP contribution in [0.4, 0.5) is 0 Å². The lowest BCUT2D eigenvalue weighted by Gasteiger charge is -2.41. The van der Waals surface area contributed by atoms with Crippen LogP contribution in [0, 0.1) is 11.8 Å². The molecule has 3 heterocycles. The third-order valence-electron chi connectivity index (χ3n) is 5.98. The number of likely N-dealkylation sites (tertiary alicyclic amines) is 1. The number of carbonyl (C=O) groups excluding carboxylic acids is 1. The highest BCUT2D eigenvalue weighted by Gasteiger charge is 2.34. The van der Waals surface area contributed by atoms with E-state index in [9.17, 15) is 4.79 Å². The van der Waals surface area contributed by atoms with Crippen molar-refractivity contribution in [2.24, 2.45) is 11.8 Å². The van der Waals surface area contributed by atoms with E-state index >= 15 is 0 Å². The summed E-state index contributed by atoms with van der Waals surface area (Å²) in [7, 11) is 0. The third kappa shape index (κ3) is 3.12. The van der Waals surface area contributed by atoms with Gasteiger partial charge in [-0.2, -0.15) is 0 Å². The van der Waals surface area contributed by atoms with Gasteiger partial charge in [0.15, 0.2) is 5.69 Å². The number of para-hydroxylation sites is 1. The Kier molecular flexibility index (Phi) is 4.36. The average Bonchev–Trinajstić information content (AvgIpc) is 3.17. The summed E-state index contributed by atoms with van der Waals surface area (Å²) in [4.78, 5) is 28.9. The predicted octanol–water partition coefficient (Wildman–Crippen LogP) is 4.41. The first-order valence-corrected chi connectivity index (χ1v) is 10.6. The van der Waals surface area contributed by atoms with Gasteiger partial charge in [0.25, 0.3) is 5.91 Å². The minimum atomic E-state index is 0.00128. The van der Waals surface area contributed by atoms with Gasteiger partial charge in [-0.3, -0.25) is 4.79 Å². The van der Waals surface area contributed by atoms with Gasteiger partial charge in [-0.15, -0.1) is 11.3 Å². The molecule has 0 unspecified atom stereocenters. The summed E-state index contributed by atoms with van der Waals surface area (Å²) in [5.74, 6) is 1.45. The van der Waals surface area contributed by atoms with Gasteiger partial charge in [-0.05, 0) is 36.8 Å². The second-order valence-electron chi connectivity index (χ2n) is 7.58. The minimum Gasteiger partial charge on any atom is -0.337 e. The topological polar surface area (TPSA) is 59.0 Å². The van der Waals surface area contributed by atoms with Gasteiger partial charge in [-0.25, -0.2) is 15.0 Å². The Morgan fingerprint density at radius 1 is 1.04 bits per heavy atom. The first-order valence-electron chi connectivity index (χ1n) is 9.76. The zero-order chi connectivity index (χ0) is 18.2. The Balaban J connectivity index is 1.46. The molecular formula is C21H22N4OS. The zero-order valence-electron chi connectivity index (χ0n) is 15.2. The molecule has 2 atom stereocenters. The van der Waals surface area contributed by atoms with E-state index in [-0.39, 0.29) is 5.91 Å². The largest absolute Gasteiger partial charge is 0.337 e. The highest BCUT2D eigenvalue weighted by molar-refractivity contribution is 7.21. The summed E-state index contributed by atoms with van der Waals surface area (Å²) in [6.45, 7) is 1.69. The van der Waals surface area contributed by atoms with Crippen molar-refractivity contribution in [1.29, 1.82) is 0 Å². The summed E-state index contributed by atoms with van der Waals surface area (Å²) < 4.78 is 1.10. The molecule has 1 aromatic carbocycles. The fourth-order valence-corrected chi connectivity index (χ4v) is 5.52. The van der Waals surface area contributed by atoms with Crippen molar-refractivity contribution in [2.45, 2.75) is 32.1 Å². The highest BCUT2D eigenvalue weighted by Crippen LogP contribution is 2.37. The van der Waals surface area contributed by atoms with Crippen molar-refractivity contribution in [3.63, 3.8) is 0 Å². The van der Waals surface area contributed by atoms with Gasteiger partial charge in [-0.1, -0.05) is 31.4 Å². The molecule has 0 bridgehead atoms. The lowest BCUT2D eigenvalue weighted by Crippen LogP contribution is -2.45. The SMILES string of the molecule is O=C(c1nccnc1-c1nc2ccccc2s1)N1CC[C@@H]2CCCC[C@H]2C1. The second-order valence-corrected chi connectivity index (χ2v) is 8.62. The summed E-state index contributed by atoms with van der Waals surface area (Å²) in [5.41, 5.74) is 1.98. The number of fused-ring (bicyclic) bond motifs is 2. The van der Waals surface area contributed by atoms with Gasteiger partial charge in [0.2, 0.25) is 0 Å². The molecule has 1 saturated carbocycles. The number of hydrogen-bond acceptors (Lipinski definition) is 5. The maximum atomic E-state index is 13.3. The second kappa shape index (κ2) is 7.00. The van der Waals surface area contributed by atoms with Crippen LogP contribution >= 0.6 is 11.3 Å². The monoisotopic (exact) mass is 378 g/mol. The maximum Gasteiger partial charge on any atom is 0.274 e. The summed E-state index contributed by atoms with van der Waals surface area (Å²) >= 11 is 1.56. The van der Waals surface area contributed by atoms with Crippen molar-refractivity contribution in [2.75, 3.05) is 13.1 Å². The van der Waals surface area contributed by atoms with E-state index in [1.54, 1.807) is 23.7 Å². The maximum absolute atomic E-state index is 13.3. The summed E-state index contributed by atoms with van der Waals surface area (Å²) in [6.07, 6.45) is 9.59. The quantitative estimate of drug-likeness (QED) is 0.663. The van der Waals surface area contributed by atoms with Crippen LogP contribution in [-0.2, 0) is 0 Å². The van der Waals surface area contributed by atoms with Crippen LogP contribution in [0.2, 0.25) is 0 Å². The smallest absolute Gasteiger partial charge is 0.274 e. The molecule has 2 fully saturated rings. The number of benzene rings is 1. The van der Waals surface area contributed by atoms with Crippen LogP contribution in [0.25, 0.3) is 20.9 Å². The van der Waals surface area contributed by atoms with Crippen LogP contribution in [-0.4, -0.2) is 38.8 Å². The van der Waals surface area contributed by atoms with E-state index in [2.05, 4.69) is 15.0 Å². The Hall–Kier alpha value is -2.34. The Morgan fingerprint density at radius 2 is 1.85 bits per heavy atom. The van der Waals surface area contributed by atoms with Gasteiger partial charge < -0.3 is 4.90 Å². The molecule has 5 rings (SSSR count). The molecule has 3 aromatic rings. The van der Waals surface area contributed by atoms with Crippen LogP contribution in [0.5, 0.6) is 0 Å². The van der Waals surface area contributed by atoms with Gasteiger partial charge >= 0.3 is 0 Å². The van der Waals surface area contributed by atoms with Gasteiger partial charge in [0.05, 0.1) is 10.2 Å². The number of nitrogens with zero attached hydrogens (tertiary/aromatic N) is 4. The van der Waals surface area contributed by atoms with Gasteiger partial charge in [0, 0.05) is 25.5 Å². The predicted molar refractivity (Wildman–Crippen MR) is 107 cm³/mol. The Bertz CT molecular complexity index is 952.